The first-order chi connectivity index (χ1) is 15.4. The highest BCUT2D eigenvalue weighted by atomic mass is 35.5. The molecule has 3 heterocycles. The van der Waals surface area contributed by atoms with E-state index in [1.54, 1.807) is 12.3 Å². The van der Waals surface area contributed by atoms with Gasteiger partial charge in [-0.2, -0.15) is 0 Å². The predicted octanol–water partition coefficient (Wildman–Crippen LogP) is 3.71. The van der Waals surface area contributed by atoms with Gasteiger partial charge in [0.1, 0.15) is 16.5 Å². The normalized spacial score (nSPS) is 22.4. The van der Waals surface area contributed by atoms with Crippen molar-refractivity contribution in [1.29, 1.82) is 0 Å². The fraction of sp³-hybridized carbons (Fsp3) is 0.522. The van der Waals surface area contributed by atoms with Gasteiger partial charge in [0.25, 0.3) is 0 Å². The van der Waals surface area contributed by atoms with E-state index in [9.17, 15) is 5.11 Å². The molecule has 1 saturated heterocycles. The number of aromatic nitrogens is 3. The number of hydrogen-bond donors (Lipinski definition) is 3. The summed E-state index contributed by atoms with van der Waals surface area (Å²) in [5.74, 6) is 1.80. The molecule has 5 rings (SSSR count). The standard InChI is InChI=1S/C23H29ClN6OS/c1-13-22(32-17-5-9-27-20(26)18(17)24)29-16(12-31)21(28-13)30-10-7-23(8-11-30)6-4-15(19(23)25)14-2-3-14/h4-5,9,14,19,31H,2-3,6-8,10-12,25H2,1H3,(H2,26,27)/t19-/m1/s1. The molecule has 0 radical (unpaired) electrons. The van der Waals surface area contributed by atoms with E-state index in [-0.39, 0.29) is 23.9 Å². The van der Waals surface area contributed by atoms with Crippen molar-refractivity contribution in [3.8, 4) is 0 Å². The van der Waals surface area contributed by atoms with Gasteiger partial charge in [-0.1, -0.05) is 35.0 Å². The highest BCUT2D eigenvalue weighted by Crippen LogP contribution is 2.51. The molecule has 7 nitrogen and oxygen atoms in total. The molecular formula is C23H29ClN6OS. The molecule has 170 valence electrons. The Hall–Kier alpha value is -1.87. The first-order valence-corrected chi connectivity index (χ1v) is 12.4. The van der Waals surface area contributed by atoms with Crippen molar-refractivity contribution >= 4 is 35.0 Å². The minimum absolute atomic E-state index is 0.170. The van der Waals surface area contributed by atoms with Gasteiger partial charge in [-0.05, 0) is 56.4 Å². The molecule has 2 aromatic rings. The summed E-state index contributed by atoms with van der Waals surface area (Å²) < 4.78 is 0. The second-order valence-corrected chi connectivity index (χ2v) is 10.6. The Morgan fingerprint density at radius 3 is 2.72 bits per heavy atom. The number of halogens is 1. The van der Waals surface area contributed by atoms with Gasteiger partial charge in [0.2, 0.25) is 0 Å². The third-order valence-corrected chi connectivity index (χ3v) is 8.83. The summed E-state index contributed by atoms with van der Waals surface area (Å²) in [4.78, 5) is 16.6. The number of piperidine rings is 1. The minimum atomic E-state index is -0.170. The van der Waals surface area contributed by atoms with E-state index in [0.717, 1.165) is 54.7 Å². The maximum atomic E-state index is 10.1. The fourth-order valence-corrected chi connectivity index (χ4v) is 6.16. The molecule has 1 saturated carbocycles. The summed E-state index contributed by atoms with van der Waals surface area (Å²) in [6.45, 7) is 3.51. The average molecular weight is 473 g/mol. The van der Waals surface area contributed by atoms with Crippen LogP contribution in [0.2, 0.25) is 5.02 Å². The molecule has 2 aliphatic carbocycles. The zero-order chi connectivity index (χ0) is 22.5. The second-order valence-electron chi connectivity index (χ2n) is 9.16. The van der Waals surface area contributed by atoms with Crippen LogP contribution in [0.25, 0.3) is 0 Å². The van der Waals surface area contributed by atoms with E-state index in [1.807, 2.05) is 6.92 Å². The van der Waals surface area contributed by atoms with Crippen LogP contribution >= 0.6 is 23.4 Å². The molecule has 3 aliphatic rings. The quantitative estimate of drug-likeness (QED) is 0.564. The van der Waals surface area contributed by atoms with Crippen molar-refractivity contribution in [2.45, 2.75) is 61.6 Å². The van der Waals surface area contributed by atoms with Crippen LogP contribution in [-0.2, 0) is 6.61 Å². The van der Waals surface area contributed by atoms with E-state index in [4.69, 9.17) is 33.0 Å². The summed E-state index contributed by atoms with van der Waals surface area (Å²) in [7, 11) is 0. The van der Waals surface area contributed by atoms with Gasteiger partial charge in [0.05, 0.1) is 17.3 Å². The number of allylic oxidation sites excluding steroid dienone is 1. The molecule has 0 amide bonds. The smallest absolute Gasteiger partial charge is 0.153 e. The van der Waals surface area contributed by atoms with Crippen LogP contribution in [0.3, 0.4) is 0 Å². The Bertz CT molecular complexity index is 1060. The summed E-state index contributed by atoms with van der Waals surface area (Å²) in [5.41, 5.74) is 15.6. The van der Waals surface area contributed by atoms with Gasteiger partial charge in [-0.3, -0.25) is 0 Å². The monoisotopic (exact) mass is 472 g/mol. The lowest BCUT2D eigenvalue weighted by molar-refractivity contribution is 0.202. The third kappa shape index (κ3) is 3.87. The number of hydrogen-bond acceptors (Lipinski definition) is 8. The Morgan fingerprint density at radius 1 is 1.28 bits per heavy atom. The Morgan fingerprint density at radius 2 is 2.03 bits per heavy atom. The molecule has 2 aromatic heterocycles. The molecule has 0 unspecified atom stereocenters. The number of aryl methyl sites for hydroxylation is 1. The number of anilines is 2. The predicted molar refractivity (Wildman–Crippen MR) is 128 cm³/mol. The summed E-state index contributed by atoms with van der Waals surface area (Å²) in [6, 6.07) is 1.99. The second kappa shape index (κ2) is 8.48. The number of aliphatic hydroxyl groups excluding tert-OH is 1. The van der Waals surface area contributed by atoms with E-state index in [1.165, 1.54) is 30.2 Å². The van der Waals surface area contributed by atoms with Crippen molar-refractivity contribution in [1.82, 2.24) is 15.0 Å². The molecule has 0 aromatic carbocycles. The number of nitrogens with two attached hydrogens (primary N) is 2. The molecular weight excluding hydrogens is 444 g/mol. The van der Waals surface area contributed by atoms with Gasteiger partial charge in [-0.25, -0.2) is 15.0 Å². The van der Waals surface area contributed by atoms with Crippen LogP contribution < -0.4 is 16.4 Å². The Labute approximate surface area is 197 Å². The zero-order valence-electron chi connectivity index (χ0n) is 18.2. The Balaban J connectivity index is 1.33. The van der Waals surface area contributed by atoms with Crippen LogP contribution in [0.15, 0.2) is 33.8 Å². The van der Waals surface area contributed by atoms with Gasteiger partial charge < -0.3 is 21.5 Å². The minimum Gasteiger partial charge on any atom is -0.390 e. The lowest BCUT2D eigenvalue weighted by Crippen LogP contribution is -2.48. The summed E-state index contributed by atoms with van der Waals surface area (Å²) in [5, 5.41) is 11.2. The lowest BCUT2D eigenvalue weighted by atomic mass is 9.72. The topological polar surface area (TPSA) is 114 Å². The van der Waals surface area contributed by atoms with Crippen LogP contribution in [0, 0.1) is 18.3 Å². The van der Waals surface area contributed by atoms with Crippen molar-refractivity contribution in [3.63, 3.8) is 0 Å². The average Bonchev–Trinajstić information content (AvgIpc) is 3.59. The van der Waals surface area contributed by atoms with Gasteiger partial charge in [0, 0.05) is 30.2 Å². The van der Waals surface area contributed by atoms with Crippen LogP contribution in [0.5, 0.6) is 0 Å². The molecule has 1 spiro atoms. The van der Waals surface area contributed by atoms with Crippen LogP contribution in [0.4, 0.5) is 11.6 Å². The van der Waals surface area contributed by atoms with Crippen molar-refractivity contribution in [2.75, 3.05) is 23.7 Å². The van der Waals surface area contributed by atoms with Gasteiger partial charge >= 0.3 is 0 Å². The molecule has 0 bridgehead atoms. The van der Waals surface area contributed by atoms with Gasteiger partial charge in [0.15, 0.2) is 5.82 Å². The summed E-state index contributed by atoms with van der Waals surface area (Å²) >= 11 is 7.68. The van der Waals surface area contributed by atoms with Crippen LogP contribution in [-0.4, -0.2) is 39.2 Å². The van der Waals surface area contributed by atoms with E-state index in [2.05, 4.69) is 16.0 Å². The molecule has 2 fully saturated rings. The van der Waals surface area contributed by atoms with Crippen molar-refractivity contribution in [3.05, 3.63) is 40.3 Å². The highest BCUT2D eigenvalue weighted by Gasteiger charge is 2.47. The number of nitrogens with zero attached hydrogens (tertiary/aromatic N) is 4. The number of aliphatic hydroxyl groups is 1. The molecule has 32 heavy (non-hydrogen) atoms. The highest BCUT2D eigenvalue weighted by molar-refractivity contribution is 7.99. The molecule has 5 N–H and O–H groups in total. The van der Waals surface area contributed by atoms with E-state index < -0.39 is 0 Å². The molecule has 1 aliphatic heterocycles. The van der Waals surface area contributed by atoms with Crippen LogP contribution in [0.1, 0.15) is 43.5 Å². The number of nitrogen functional groups attached to an aromatic ring is 1. The first kappa shape index (κ1) is 21.9. The first-order valence-electron chi connectivity index (χ1n) is 11.2. The fourth-order valence-electron chi connectivity index (χ4n) is 5.05. The number of pyridine rings is 1. The largest absolute Gasteiger partial charge is 0.390 e. The van der Waals surface area contributed by atoms with Gasteiger partial charge in [-0.15, -0.1) is 0 Å². The molecule has 9 heteroatoms. The zero-order valence-corrected chi connectivity index (χ0v) is 19.8. The van der Waals surface area contributed by atoms with E-state index in [0.29, 0.717) is 15.7 Å². The summed E-state index contributed by atoms with van der Waals surface area (Å²) in [6.07, 6.45) is 9.81. The third-order valence-electron chi connectivity index (χ3n) is 7.19. The molecule has 1 atom stereocenters. The lowest BCUT2D eigenvalue weighted by Gasteiger charge is -2.43. The van der Waals surface area contributed by atoms with Crippen molar-refractivity contribution < 1.29 is 5.11 Å². The SMILES string of the molecule is Cc1nc(N2CCC3(CC=C(C4CC4)[C@H]3N)CC2)c(CO)nc1Sc1ccnc(N)c1Cl. The maximum absolute atomic E-state index is 10.1. The maximum Gasteiger partial charge on any atom is 0.153 e. The Kier molecular flexibility index (Phi) is 5.82. The van der Waals surface area contributed by atoms with E-state index >= 15 is 0 Å². The number of rotatable bonds is 5. The van der Waals surface area contributed by atoms with Crippen molar-refractivity contribution in [2.24, 2.45) is 17.1 Å².